The van der Waals surface area contributed by atoms with Gasteiger partial charge in [-0.2, -0.15) is 0 Å². The van der Waals surface area contributed by atoms with E-state index in [-0.39, 0.29) is 21.8 Å². The second-order valence-corrected chi connectivity index (χ2v) is 7.89. The number of nitrogens with one attached hydrogen (secondary N) is 2. The number of amides is 2. The minimum Gasteiger partial charge on any atom is -0.351 e. The molecule has 2 heterocycles. The van der Waals surface area contributed by atoms with Gasteiger partial charge in [0.15, 0.2) is 0 Å². The summed E-state index contributed by atoms with van der Waals surface area (Å²) in [6.45, 7) is 5.46. The Hall–Kier alpha value is -3.58. The van der Waals surface area contributed by atoms with Crippen LogP contribution in [0.4, 0.5) is 5.69 Å². The van der Waals surface area contributed by atoms with Crippen molar-refractivity contribution in [2.45, 2.75) is 19.8 Å². The number of hydrogen-bond acceptors (Lipinski definition) is 5. The van der Waals surface area contributed by atoms with E-state index in [1.165, 1.54) is 12.8 Å². The number of anilines is 1. The Labute approximate surface area is 192 Å². The molecule has 170 valence electrons. The highest BCUT2D eigenvalue weighted by Gasteiger charge is 2.16. The lowest BCUT2D eigenvalue weighted by Gasteiger charge is -2.15. The molecule has 1 aromatic heterocycles. The Morgan fingerprint density at radius 3 is 2.59 bits per heavy atom. The summed E-state index contributed by atoms with van der Waals surface area (Å²) in [6, 6.07) is 16.5. The fraction of sp³-hybridized carbons (Fsp3) is 0.280. The Balaban J connectivity index is 0.00000204. The lowest BCUT2D eigenvalue weighted by molar-refractivity contribution is 0.0948. The van der Waals surface area contributed by atoms with E-state index in [0.717, 1.165) is 25.2 Å². The van der Waals surface area contributed by atoms with Crippen molar-refractivity contribution in [2.24, 2.45) is 0 Å². The van der Waals surface area contributed by atoms with Gasteiger partial charge in [-0.3, -0.25) is 14.6 Å². The second-order valence-electron chi connectivity index (χ2n) is 7.89. The zero-order chi connectivity index (χ0) is 22.3. The van der Waals surface area contributed by atoms with E-state index in [1.54, 1.807) is 25.3 Å². The Bertz CT molecular complexity index is 1110. The van der Waals surface area contributed by atoms with Gasteiger partial charge in [0.25, 0.3) is 11.8 Å². The molecule has 0 saturated carbocycles. The van der Waals surface area contributed by atoms with Crippen LogP contribution >= 0.6 is 0 Å². The number of carbonyl (C=O) groups is 2. The minimum absolute atomic E-state index is 0. The van der Waals surface area contributed by atoms with Crippen LogP contribution in [0.15, 0.2) is 60.8 Å². The largest absolute Gasteiger partial charge is 0.351 e. The monoisotopic (exact) mass is 435 g/mol. The normalized spacial score (nSPS) is 13.7. The molecule has 0 bridgehead atoms. The molecule has 32 heavy (non-hydrogen) atoms. The van der Waals surface area contributed by atoms with Crippen LogP contribution in [0, 0.1) is 6.92 Å². The number of hydrogen-bond donors (Lipinski definition) is 2. The van der Waals surface area contributed by atoms with Crippen molar-refractivity contribution in [1.82, 2.24) is 20.2 Å². The van der Waals surface area contributed by atoms with Crippen molar-refractivity contribution in [2.75, 3.05) is 31.5 Å². The first-order chi connectivity index (χ1) is 15.6. The average Bonchev–Trinajstić information content (AvgIpc) is 3.33. The Kier molecular flexibility index (Phi) is 6.87. The maximum Gasteiger partial charge on any atom is 0.276 e. The molecule has 2 amide bonds. The van der Waals surface area contributed by atoms with E-state index < -0.39 is 0 Å². The van der Waals surface area contributed by atoms with Crippen LogP contribution in [-0.4, -0.2) is 52.9 Å². The number of aromatic nitrogens is 2. The molecule has 2 aromatic carbocycles. The summed E-state index contributed by atoms with van der Waals surface area (Å²) in [5, 5.41) is 5.83. The molecule has 1 fully saturated rings. The van der Waals surface area contributed by atoms with Crippen LogP contribution in [0.25, 0.3) is 11.3 Å². The van der Waals surface area contributed by atoms with E-state index in [4.69, 9.17) is 0 Å². The first-order valence-electron chi connectivity index (χ1n) is 10.9. The number of benzene rings is 2. The third kappa shape index (κ3) is 5.36. The average molecular weight is 436 g/mol. The van der Waals surface area contributed by atoms with Gasteiger partial charge < -0.3 is 15.5 Å². The molecule has 0 unspecified atom stereocenters. The van der Waals surface area contributed by atoms with Crippen molar-refractivity contribution in [3.05, 3.63) is 77.7 Å². The fourth-order valence-corrected chi connectivity index (χ4v) is 3.77. The number of para-hydroxylation sites is 1. The number of carbonyl (C=O) groups excluding carboxylic acids is 2. The Morgan fingerprint density at radius 2 is 1.81 bits per heavy atom. The summed E-state index contributed by atoms with van der Waals surface area (Å²) in [6.07, 6.45) is 4.09. The predicted molar refractivity (Wildman–Crippen MR) is 131 cm³/mol. The molecule has 0 radical (unpaired) electrons. The van der Waals surface area contributed by atoms with Crippen LogP contribution < -0.4 is 10.6 Å². The first-order valence-corrected chi connectivity index (χ1v) is 10.9. The third-order valence-electron chi connectivity index (χ3n) is 5.53. The summed E-state index contributed by atoms with van der Waals surface area (Å²) in [5.41, 5.74) is 3.32. The van der Waals surface area contributed by atoms with Gasteiger partial charge in [-0.1, -0.05) is 30.3 Å². The molecule has 3 aromatic rings. The van der Waals surface area contributed by atoms with Gasteiger partial charge in [-0.05, 0) is 57.1 Å². The first kappa shape index (κ1) is 21.6. The van der Waals surface area contributed by atoms with Gasteiger partial charge in [0.1, 0.15) is 5.69 Å². The van der Waals surface area contributed by atoms with Crippen LogP contribution in [0.5, 0.6) is 0 Å². The highest BCUT2D eigenvalue weighted by Crippen LogP contribution is 2.20. The summed E-state index contributed by atoms with van der Waals surface area (Å²) < 4.78 is 0. The molecule has 1 aliphatic heterocycles. The molecule has 7 heteroatoms. The molecule has 2 N–H and O–H groups in total. The van der Waals surface area contributed by atoms with E-state index in [1.807, 2.05) is 42.5 Å². The highest BCUT2D eigenvalue weighted by molar-refractivity contribution is 6.03. The Morgan fingerprint density at radius 1 is 1.03 bits per heavy atom. The lowest BCUT2D eigenvalue weighted by atomic mass is 10.1. The molecule has 0 aliphatic carbocycles. The maximum atomic E-state index is 12.7. The van der Waals surface area contributed by atoms with Crippen molar-refractivity contribution < 1.29 is 13.9 Å². The molecule has 0 atom stereocenters. The summed E-state index contributed by atoms with van der Waals surface area (Å²) in [5.74, 6) is -0.438. The number of rotatable bonds is 7. The highest BCUT2D eigenvalue weighted by atomic mass is 16.2. The van der Waals surface area contributed by atoms with E-state index in [2.05, 4.69) is 25.5 Å². The minimum atomic E-state index is -0.320. The summed E-state index contributed by atoms with van der Waals surface area (Å²) >= 11 is 0. The molecule has 0 spiro atoms. The van der Waals surface area contributed by atoms with Gasteiger partial charge in [0, 0.05) is 34.2 Å². The maximum absolute atomic E-state index is 12.7. The van der Waals surface area contributed by atoms with Crippen LogP contribution in [0.3, 0.4) is 0 Å². The molecular weight excluding hydrogens is 402 g/mol. The van der Waals surface area contributed by atoms with Gasteiger partial charge in [-0.25, -0.2) is 4.98 Å². The molecule has 1 aliphatic rings. The van der Waals surface area contributed by atoms with Crippen molar-refractivity contribution >= 4 is 17.5 Å². The standard InChI is InChI=1S/C25H27N5O2.3H2/c1-18-23(25(32)28-21-10-3-2-4-11-21)29-22(17-27-18)19-8-7-9-20(16-19)24(31)26-12-15-30-13-5-6-14-30;;;/h2-4,7-11,16-17H,5-6,12-15H2,1H3,(H,26,31)(H,28,32);3*1H. The molecular formula is C25H33N5O2. The zero-order valence-electron chi connectivity index (χ0n) is 18.2. The van der Waals surface area contributed by atoms with Crippen molar-refractivity contribution in [3.63, 3.8) is 0 Å². The number of nitrogens with zero attached hydrogens (tertiary/aromatic N) is 3. The van der Waals surface area contributed by atoms with Gasteiger partial charge >= 0.3 is 0 Å². The zero-order valence-corrected chi connectivity index (χ0v) is 18.2. The van der Waals surface area contributed by atoms with E-state index in [9.17, 15) is 9.59 Å². The van der Waals surface area contributed by atoms with E-state index >= 15 is 0 Å². The molecule has 4 rings (SSSR count). The lowest BCUT2D eigenvalue weighted by Crippen LogP contribution is -2.33. The summed E-state index contributed by atoms with van der Waals surface area (Å²) in [4.78, 5) is 36.6. The number of likely N-dealkylation sites (tertiary alicyclic amines) is 1. The quantitative estimate of drug-likeness (QED) is 0.579. The van der Waals surface area contributed by atoms with Crippen LogP contribution in [0.1, 0.15) is 43.7 Å². The summed E-state index contributed by atoms with van der Waals surface area (Å²) in [7, 11) is 0. The smallest absolute Gasteiger partial charge is 0.276 e. The van der Waals surface area contributed by atoms with Gasteiger partial charge in [0.2, 0.25) is 0 Å². The topological polar surface area (TPSA) is 87.2 Å². The van der Waals surface area contributed by atoms with Crippen molar-refractivity contribution in [1.29, 1.82) is 0 Å². The fourth-order valence-electron chi connectivity index (χ4n) is 3.77. The third-order valence-corrected chi connectivity index (χ3v) is 5.53. The van der Waals surface area contributed by atoms with Gasteiger partial charge in [0.05, 0.1) is 17.6 Å². The molecule has 1 saturated heterocycles. The molecule has 7 nitrogen and oxygen atoms in total. The van der Waals surface area contributed by atoms with Crippen LogP contribution in [-0.2, 0) is 0 Å². The number of aryl methyl sites for hydroxylation is 1. The van der Waals surface area contributed by atoms with E-state index in [0.29, 0.717) is 29.2 Å². The van der Waals surface area contributed by atoms with Crippen LogP contribution in [0.2, 0.25) is 0 Å². The van der Waals surface area contributed by atoms with Gasteiger partial charge in [-0.15, -0.1) is 0 Å². The second kappa shape index (κ2) is 10.2. The predicted octanol–water partition coefficient (Wildman–Crippen LogP) is 4.27. The SMILES string of the molecule is Cc1ncc(-c2cccc(C(=O)NCCN3CCCC3)c2)nc1C(=O)Nc1ccccc1.[HH].[HH].[HH]. The van der Waals surface area contributed by atoms with Crippen molar-refractivity contribution in [3.8, 4) is 11.3 Å².